The number of aromatic nitrogens is 2. The summed E-state index contributed by atoms with van der Waals surface area (Å²) in [4.78, 5) is 16.5. The predicted octanol–water partition coefficient (Wildman–Crippen LogP) is 2.95. The minimum absolute atomic E-state index is 0.169. The molecule has 0 amide bonds. The zero-order valence-electron chi connectivity index (χ0n) is 11.1. The van der Waals surface area contributed by atoms with E-state index in [1.54, 1.807) is 28.8 Å². The standard InChI is InChI=1S/C14H13BrN4O/c1-3-19-9(2)12(15)18-13(14(19)20)17-11-6-4-10(8-16)5-7-11/h4-7H,3H2,1-2H3,(H,17,18). The fourth-order valence-electron chi connectivity index (χ4n) is 1.85. The first kappa shape index (κ1) is 14.3. The van der Waals surface area contributed by atoms with Gasteiger partial charge in [-0.3, -0.25) is 4.79 Å². The number of hydrogen-bond donors (Lipinski definition) is 1. The van der Waals surface area contributed by atoms with Crippen LogP contribution in [-0.4, -0.2) is 9.55 Å². The van der Waals surface area contributed by atoms with Gasteiger partial charge in [-0.1, -0.05) is 0 Å². The van der Waals surface area contributed by atoms with Crippen LogP contribution in [0.1, 0.15) is 18.2 Å². The minimum atomic E-state index is -0.169. The summed E-state index contributed by atoms with van der Waals surface area (Å²) >= 11 is 3.35. The third kappa shape index (κ3) is 2.73. The summed E-state index contributed by atoms with van der Waals surface area (Å²) < 4.78 is 2.28. The summed E-state index contributed by atoms with van der Waals surface area (Å²) in [5.41, 5.74) is 1.91. The molecule has 0 aliphatic rings. The van der Waals surface area contributed by atoms with Crippen molar-refractivity contribution in [3.8, 4) is 6.07 Å². The summed E-state index contributed by atoms with van der Waals surface area (Å²) in [7, 11) is 0. The van der Waals surface area contributed by atoms with Crippen LogP contribution < -0.4 is 10.9 Å². The van der Waals surface area contributed by atoms with E-state index >= 15 is 0 Å². The number of nitriles is 1. The van der Waals surface area contributed by atoms with E-state index in [2.05, 4.69) is 26.2 Å². The lowest BCUT2D eigenvalue weighted by Gasteiger charge is -2.12. The Morgan fingerprint density at radius 2 is 2.05 bits per heavy atom. The van der Waals surface area contributed by atoms with E-state index in [9.17, 15) is 4.79 Å². The van der Waals surface area contributed by atoms with Crippen LogP contribution in [0.5, 0.6) is 0 Å². The van der Waals surface area contributed by atoms with Crippen LogP contribution in [0.15, 0.2) is 33.7 Å². The van der Waals surface area contributed by atoms with E-state index in [1.807, 2.05) is 19.9 Å². The van der Waals surface area contributed by atoms with E-state index in [0.29, 0.717) is 22.4 Å². The molecule has 0 atom stereocenters. The molecule has 0 saturated heterocycles. The topological polar surface area (TPSA) is 70.7 Å². The molecule has 1 N–H and O–H groups in total. The molecule has 20 heavy (non-hydrogen) atoms. The van der Waals surface area contributed by atoms with E-state index < -0.39 is 0 Å². The number of halogens is 1. The largest absolute Gasteiger partial charge is 0.336 e. The van der Waals surface area contributed by atoms with Crippen molar-refractivity contribution in [2.75, 3.05) is 5.32 Å². The van der Waals surface area contributed by atoms with Crippen molar-refractivity contribution >= 4 is 27.4 Å². The third-order valence-electron chi connectivity index (χ3n) is 2.95. The third-order valence-corrected chi connectivity index (χ3v) is 3.71. The van der Waals surface area contributed by atoms with Gasteiger partial charge in [0.1, 0.15) is 4.60 Å². The zero-order valence-corrected chi connectivity index (χ0v) is 12.7. The predicted molar refractivity (Wildman–Crippen MR) is 81.0 cm³/mol. The van der Waals surface area contributed by atoms with Crippen molar-refractivity contribution in [3.05, 3.63) is 50.5 Å². The Balaban J connectivity index is 2.41. The Labute approximate surface area is 125 Å². The maximum Gasteiger partial charge on any atom is 0.293 e. The van der Waals surface area contributed by atoms with Crippen molar-refractivity contribution in [1.82, 2.24) is 9.55 Å². The fourth-order valence-corrected chi connectivity index (χ4v) is 2.24. The first-order chi connectivity index (χ1) is 9.56. The highest BCUT2D eigenvalue weighted by Crippen LogP contribution is 2.17. The molecule has 0 aliphatic carbocycles. The van der Waals surface area contributed by atoms with Crippen molar-refractivity contribution < 1.29 is 0 Å². The van der Waals surface area contributed by atoms with Crippen LogP contribution in [0.3, 0.4) is 0 Å². The zero-order chi connectivity index (χ0) is 14.7. The molecule has 1 aromatic carbocycles. The van der Waals surface area contributed by atoms with E-state index in [-0.39, 0.29) is 11.4 Å². The van der Waals surface area contributed by atoms with Gasteiger partial charge in [0.05, 0.1) is 17.3 Å². The van der Waals surface area contributed by atoms with Gasteiger partial charge in [-0.25, -0.2) is 4.98 Å². The molecule has 0 radical (unpaired) electrons. The van der Waals surface area contributed by atoms with Crippen LogP contribution in [0.4, 0.5) is 11.5 Å². The first-order valence-electron chi connectivity index (χ1n) is 6.11. The molecule has 2 aromatic rings. The summed E-state index contributed by atoms with van der Waals surface area (Å²) in [6.07, 6.45) is 0. The molecule has 1 heterocycles. The van der Waals surface area contributed by atoms with Crippen LogP contribution in [0, 0.1) is 18.3 Å². The summed E-state index contributed by atoms with van der Waals surface area (Å²) in [5.74, 6) is 0.258. The molecule has 102 valence electrons. The second-order valence-electron chi connectivity index (χ2n) is 4.20. The van der Waals surface area contributed by atoms with Crippen LogP contribution in [0.2, 0.25) is 0 Å². The minimum Gasteiger partial charge on any atom is -0.336 e. The molecule has 0 unspecified atom stereocenters. The smallest absolute Gasteiger partial charge is 0.293 e. The Bertz CT molecular complexity index is 729. The van der Waals surface area contributed by atoms with Gasteiger partial charge in [-0.05, 0) is 54.0 Å². The molecule has 0 saturated carbocycles. The molecule has 5 nitrogen and oxygen atoms in total. The van der Waals surface area contributed by atoms with Crippen LogP contribution >= 0.6 is 15.9 Å². The number of anilines is 2. The molecule has 0 bridgehead atoms. The Morgan fingerprint density at radius 1 is 1.40 bits per heavy atom. The maximum absolute atomic E-state index is 12.3. The number of hydrogen-bond acceptors (Lipinski definition) is 4. The van der Waals surface area contributed by atoms with Crippen molar-refractivity contribution in [1.29, 1.82) is 5.26 Å². The Hall–Kier alpha value is -2.13. The fraction of sp³-hybridized carbons (Fsp3) is 0.214. The summed E-state index contributed by atoms with van der Waals surface area (Å²) in [6, 6.07) is 8.90. The SMILES string of the molecule is CCn1c(C)c(Br)nc(Nc2ccc(C#N)cc2)c1=O. The van der Waals surface area contributed by atoms with Gasteiger partial charge in [0, 0.05) is 12.2 Å². The summed E-state index contributed by atoms with van der Waals surface area (Å²) in [5, 5.41) is 11.7. The number of nitrogens with one attached hydrogen (secondary N) is 1. The maximum atomic E-state index is 12.3. The summed E-state index contributed by atoms with van der Waals surface area (Å²) in [6.45, 7) is 4.33. The highest BCUT2D eigenvalue weighted by atomic mass is 79.9. The number of benzene rings is 1. The molecule has 0 fully saturated rings. The van der Waals surface area contributed by atoms with Crippen LogP contribution in [0.25, 0.3) is 0 Å². The number of rotatable bonds is 3. The van der Waals surface area contributed by atoms with E-state index in [1.165, 1.54) is 0 Å². The lowest BCUT2D eigenvalue weighted by Crippen LogP contribution is -2.25. The van der Waals surface area contributed by atoms with Crippen molar-refractivity contribution in [2.24, 2.45) is 0 Å². The monoisotopic (exact) mass is 332 g/mol. The van der Waals surface area contributed by atoms with Crippen LogP contribution in [-0.2, 0) is 6.54 Å². The second kappa shape index (κ2) is 5.88. The van der Waals surface area contributed by atoms with Gasteiger partial charge < -0.3 is 9.88 Å². The number of nitrogens with zero attached hydrogens (tertiary/aromatic N) is 3. The molecule has 0 aliphatic heterocycles. The van der Waals surface area contributed by atoms with Gasteiger partial charge in [-0.15, -0.1) is 0 Å². The molecule has 0 spiro atoms. The highest BCUT2D eigenvalue weighted by Gasteiger charge is 2.11. The molecule has 2 rings (SSSR count). The average molecular weight is 333 g/mol. The van der Waals surface area contributed by atoms with Gasteiger partial charge in [-0.2, -0.15) is 5.26 Å². The molecule has 1 aromatic heterocycles. The van der Waals surface area contributed by atoms with E-state index in [4.69, 9.17) is 5.26 Å². The normalized spacial score (nSPS) is 10.1. The van der Waals surface area contributed by atoms with Crippen molar-refractivity contribution in [3.63, 3.8) is 0 Å². The van der Waals surface area contributed by atoms with Crippen molar-refractivity contribution in [2.45, 2.75) is 20.4 Å². The quantitative estimate of drug-likeness (QED) is 0.937. The lowest BCUT2D eigenvalue weighted by atomic mass is 10.2. The Kier molecular flexibility index (Phi) is 4.20. The lowest BCUT2D eigenvalue weighted by molar-refractivity contribution is 0.688. The van der Waals surface area contributed by atoms with E-state index in [0.717, 1.165) is 5.69 Å². The first-order valence-corrected chi connectivity index (χ1v) is 6.90. The second-order valence-corrected chi connectivity index (χ2v) is 4.95. The van der Waals surface area contributed by atoms with Gasteiger partial charge in [0.25, 0.3) is 5.56 Å². The molecular formula is C14H13BrN4O. The van der Waals surface area contributed by atoms with Gasteiger partial charge >= 0.3 is 0 Å². The highest BCUT2D eigenvalue weighted by molar-refractivity contribution is 9.10. The Morgan fingerprint density at radius 3 is 2.60 bits per heavy atom. The average Bonchev–Trinajstić information content (AvgIpc) is 2.46. The van der Waals surface area contributed by atoms with Gasteiger partial charge in [0.15, 0.2) is 5.82 Å². The van der Waals surface area contributed by atoms with Gasteiger partial charge in [0.2, 0.25) is 0 Å². The molecule has 6 heteroatoms. The molecular weight excluding hydrogens is 320 g/mol.